The van der Waals surface area contributed by atoms with E-state index in [9.17, 15) is 19.2 Å². The van der Waals surface area contributed by atoms with Gasteiger partial charge in [0.1, 0.15) is 0 Å². The molecule has 1 aromatic heterocycles. The molecule has 1 aliphatic rings. The van der Waals surface area contributed by atoms with E-state index >= 15 is 0 Å². The van der Waals surface area contributed by atoms with Gasteiger partial charge in [-0.2, -0.15) is 0 Å². The Morgan fingerprint density at radius 2 is 1.80 bits per heavy atom. The minimum absolute atomic E-state index is 0.198. The van der Waals surface area contributed by atoms with Gasteiger partial charge in [-0.15, -0.1) is 11.3 Å². The van der Waals surface area contributed by atoms with Crippen LogP contribution in [0.5, 0.6) is 0 Å². The van der Waals surface area contributed by atoms with E-state index in [1.807, 2.05) is 0 Å². The Labute approximate surface area is 181 Å². The maximum atomic E-state index is 12.9. The molecule has 0 unspecified atom stereocenters. The molecule has 0 atom stereocenters. The highest BCUT2D eigenvalue weighted by atomic mass is 35.5. The number of thiophene rings is 1. The van der Waals surface area contributed by atoms with E-state index in [2.05, 4.69) is 10.6 Å². The highest BCUT2D eigenvalue weighted by molar-refractivity contribution is 7.18. The average Bonchev–Trinajstić information content (AvgIpc) is 3.24. The number of unbranched alkanes of at least 4 members (excludes halogenated alkanes) is 3. The van der Waals surface area contributed by atoms with Crippen molar-refractivity contribution in [1.29, 1.82) is 0 Å². The smallest absolute Gasteiger partial charge is 0.404 e. The molecule has 3 rings (SSSR count). The number of nitrogens with one attached hydrogen (secondary N) is 2. The van der Waals surface area contributed by atoms with Crippen LogP contribution < -0.4 is 10.6 Å². The van der Waals surface area contributed by atoms with Gasteiger partial charge in [0, 0.05) is 13.1 Å². The average molecular weight is 450 g/mol. The Hall–Kier alpha value is -2.91. The second-order valence-corrected chi connectivity index (χ2v) is 8.41. The lowest BCUT2D eigenvalue weighted by Crippen LogP contribution is -2.31. The van der Waals surface area contributed by atoms with Crippen LogP contribution >= 0.6 is 22.9 Å². The second-order valence-electron chi connectivity index (χ2n) is 6.69. The first-order valence-corrected chi connectivity index (χ1v) is 10.6. The van der Waals surface area contributed by atoms with Crippen LogP contribution in [-0.4, -0.2) is 46.9 Å². The first kappa shape index (κ1) is 21.8. The standard InChI is InChI=1S/C20H20ClN3O5S/c21-15-9-8-14(30-15)17(25)23-13-7-5-6-12-16(13)19(27)24(18(12)26)11-4-2-1-3-10-22-20(28)29/h5-9,22H,1-4,10-11H2,(H,23,25)(H,28,29). The highest BCUT2D eigenvalue weighted by Crippen LogP contribution is 2.31. The van der Waals surface area contributed by atoms with Crippen molar-refractivity contribution in [2.45, 2.75) is 25.7 Å². The number of rotatable bonds is 9. The third-order valence-electron chi connectivity index (χ3n) is 4.63. The van der Waals surface area contributed by atoms with Gasteiger partial charge in [0.15, 0.2) is 0 Å². The quantitative estimate of drug-likeness (QED) is 0.394. The summed E-state index contributed by atoms with van der Waals surface area (Å²) in [5, 5.41) is 13.5. The van der Waals surface area contributed by atoms with Crippen molar-refractivity contribution < 1.29 is 24.3 Å². The van der Waals surface area contributed by atoms with Crippen molar-refractivity contribution in [3.05, 3.63) is 50.7 Å². The number of benzene rings is 1. The molecule has 0 radical (unpaired) electrons. The van der Waals surface area contributed by atoms with E-state index in [-0.39, 0.29) is 23.6 Å². The van der Waals surface area contributed by atoms with E-state index in [1.165, 1.54) is 4.90 Å². The molecule has 3 N–H and O–H groups in total. The van der Waals surface area contributed by atoms with Crippen LogP contribution in [0.2, 0.25) is 4.34 Å². The van der Waals surface area contributed by atoms with Crippen LogP contribution in [-0.2, 0) is 0 Å². The van der Waals surface area contributed by atoms with Gasteiger partial charge in [0.2, 0.25) is 0 Å². The summed E-state index contributed by atoms with van der Waals surface area (Å²) < 4.78 is 0.481. The summed E-state index contributed by atoms with van der Waals surface area (Å²) in [5.74, 6) is -1.20. The zero-order valence-corrected chi connectivity index (χ0v) is 17.5. The summed E-state index contributed by atoms with van der Waals surface area (Å²) in [5.41, 5.74) is 0.763. The fourth-order valence-electron chi connectivity index (χ4n) is 3.20. The summed E-state index contributed by atoms with van der Waals surface area (Å²) in [6.45, 7) is 0.646. The molecule has 0 aliphatic carbocycles. The van der Waals surface area contributed by atoms with Gasteiger partial charge < -0.3 is 15.7 Å². The van der Waals surface area contributed by atoms with Crippen molar-refractivity contribution in [2.24, 2.45) is 0 Å². The molecular weight excluding hydrogens is 430 g/mol. The molecule has 0 fully saturated rings. The van der Waals surface area contributed by atoms with Crippen molar-refractivity contribution in [2.75, 3.05) is 18.4 Å². The Kier molecular flexibility index (Phi) is 7.07. The zero-order chi connectivity index (χ0) is 21.7. The number of halogens is 1. The summed E-state index contributed by atoms with van der Waals surface area (Å²) in [4.78, 5) is 49.9. The number of nitrogens with zero attached hydrogens (tertiary/aromatic N) is 1. The van der Waals surface area contributed by atoms with Gasteiger partial charge in [0.05, 0.1) is 26.0 Å². The molecule has 158 valence electrons. The lowest BCUT2D eigenvalue weighted by molar-refractivity contribution is 0.0651. The fourth-order valence-corrected chi connectivity index (χ4v) is 4.14. The highest BCUT2D eigenvalue weighted by Gasteiger charge is 2.37. The number of anilines is 1. The second kappa shape index (κ2) is 9.73. The molecule has 0 spiro atoms. The van der Waals surface area contributed by atoms with Crippen LogP contribution in [0.15, 0.2) is 30.3 Å². The zero-order valence-electron chi connectivity index (χ0n) is 15.9. The van der Waals surface area contributed by atoms with E-state index in [0.29, 0.717) is 34.3 Å². The maximum absolute atomic E-state index is 12.9. The van der Waals surface area contributed by atoms with E-state index in [4.69, 9.17) is 16.7 Å². The van der Waals surface area contributed by atoms with Gasteiger partial charge in [-0.3, -0.25) is 19.3 Å². The van der Waals surface area contributed by atoms with Crippen LogP contribution in [0.4, 0.5) is 10.5 Å². The third kappa shape index (κ3) is 4.98. The van der Waals surface area contributed by atoms with Crippen LogP contribution in [0.1, 0.15) is 56.1 Å². The molecule has 1 aliphatic heterocycles. The van der Waals surface area contributed by atoms with Gasteiger partial charge in [-0.05, 0) is 37.1 Å². The Bertz CT molecular complexity index is 991. The molecule has 8 nitrogen and oxygen atoms in total. The predicted octanol–water partition coefficient (Wildman–Crippen LogP) is 4.08. The summed E-state index contributed by atoms with van der Waals surface area (Å²) in [7, 11) is 0. The first-order chi connectivity index (χ1) is 14.4. The SMILES string of the molecule is O=C(O)NCCCCCCN1C(=O)c2cccc(NC(=O)c3ccc(Cl)s3)c2C1=O. The molecule has 1 aromatic carbocycles. The minimum Gasteiger partial charge on any atom is -0.465 e. The molecule has 2 aromatic rings. The molecule has 4 amide bonds. The normalized spacial score (nSPS) is 12.8. The van der Waals surface area contributed by atoms with Gasteiger partial charge in [-0.25, -0.2) is 4.79 Å². The van der Waals surface area contributed by atoms with Crippen molar-refractivity contribution >= 4 is 52.4 Å². The van der Waals surface area contributed by atoms with E-state index in [1.54, 1.807) is 30.3 Å². The van der Waals surface area contributed by atoms with Crippen LogP contribution in [0.3, 0.4) is 0 Å². The third-order valence-corrected chi connectivity index (χ3v) is 5.86. The number of hydrogen-bond acceptors (Lipinski definition) is 5. The number of carboxylic acid groups (broad SMARTS) is 1. The van der Waals surface area contributed by atoms with Crippen LogP contribution in [0, 0.1) is 0 Å². The molecule has 2 heterocycles. The number of hydrogen-bond donors (Lipinski definition) is 3. The van der Waals surface area contributed by atoms with Gasteiger partial charge in [-0.1, -0.05) is 30.5 Å². The first-order valence-electron chi connectivity index (χ1n) is 9.41. The van der Waals surface area contributed by atoms with Crippen molar-refractivity contribution in [3.8, 4) is 0 Å². The minimum atomic E-state index is -1.05. The number of imide groups is 1. The summed E-state index contributed by atoms with van der Waals surface area (Å²) in [6.07, 6.45) is 1.81. The lowest BCUT2D eigenvalue weighted by Gasteiger charge is -2.14. The molecule has 30 heavy (non-hydrogen) atoms. The Morgan fingerprint density at radius 3 is 2.50 bits per heavy atom. The fraction of sp³-hybridized carbons (Fsp3) is 0.300. The Morgan fingerprint density at radius 1 is 1.03 bits per heavy atom. The Balaban J connectivity index is 1.60. The summed E-state index contributed by atoms with van der Waals surface area (Å²) in [6, 6.07) is 8.00. The summed E-state index contributed by atoms with van der Waals surface area (Å²) >= 11 is 6.99. The molecule has 0 saturated carbocycles. The molecule has 0 saturated heterocycles. The topological polar surface area (TPSA) is 116 Å². The van der Waals surface area contributed by atoms with Gasteiger partial charge >= 0.3 is 6.09 Å². The molecule has 0 bridgehead atoms. The number of amides is 4. The van der Waals surface area contributed by atoms with Gasteiger partial charge in [0.25, 0.3) is 17.7 Å². The van der Waals surface area contributed by atoms with E-state index < -0.39 is 17.9 Å². The predicted molar refractivity (Wildman–Crippen MR) is 114 cm³/mol. The van der Waals surface area contributed by atoms with Crippen molar-refractivity contribution in [1.82, 2.24) is 10.2 Å². The molecule has 10 heteroatoms. The number of fused-ring (bicyclic) bond motifs is 1. The largest absolute Gasteiger partial charge is 0.465 e. The maximum Gasteiger partial charge on any atom is 0.404 e. The lowest BCUT2D eigenvalue weighted by atomic mass is 10.1. The van der Waals surface area contributed by atoms with E-state index in [0.717, 1.165) is 24.2 Å². The number of carbonyl (C=O) groups excluding carboxylic acids is 3. The monoisotopic (exact) mass is 449 g/mol. The molecular formula is C20H20ClN3O5S. The van der Waals surface area contributed by atoms with Crippen LogP contribution in [0.25, 0.3) is 0 Å². The van der Waals surface area contributed by atoms with Crippen molar-refractivity contribution in [3.63, 3.8) is 0 Å². The number of carbonyl (C=O) groups is 4.